The van der Waals surface area contributed by atoms with Crippen molar-refractivity contribution in [2.24, 2.45) is 0 Å². The summed E-state index contributed by atoms with van der Waals surface area (Å²) in [6.45, 7) is 4.30. The molecule has 0 saturated heterocycles. The third-order valence-corrected chi connectivity index (χ3v) is 2.66. The van der Waals surface area contributed by atoms with Crippen LogP contribution in [0.5, 0.6) is 5.75 Å². The molecule has 0 aliphatic heterocycles. The van der Waals surface area contributed by atoms with Gasteiger partial charge in [-0.3, -0.25) is 4.79 Å². The van der Waals surface area contributed by atoms with Crippen molar-refractivity contribution in [1.82, 2.24) is 10.3 Å². The number of likely N-dealkylation sites (N-methyl/N-ethyl adjacent to an activating group) is 1. The summed E-state index contributed by atoms with van der Waals surface area (Å²) in [6.07, 6.45) is 1.88. The second-order valence-corrected chi connectivity index (χ2v) is 4.53. The Labute approximate surface area is 106 Å². The summed E-state index contributed by atoms with van der Waals surface area (Å²) >= 11 is 0. The molecule has 1 aromatic heterocycles. The average molecular weight is 246 g/mol. The predicted molar refractivity (Wildman–Crippen MR) is 72.3 cm³/mol. The number of Topliss-reactive ketones (excluding diaryl/α,β-unsaturated/α-hetero) is 1. The summed E-state index contributed by atoms with van der Waals surface area (Å²) in [5, 5.41) is 3.78. The molecular formula is C14H18N2O2. The Morgan fingerprint density at radius 2 is 2.22 bits per heavy atom. The van der Waals surface area contributed by atoms with Gasteiger partial charge in [-0.15, -0.1) is 0 Å². The lowest BCUT2D eigenvalue weighted by Gasteiger charge is -2.09. The first-order valence-corrected chi connectivity index (χ1v) is 6.07. The summed E-state index contributed by atoms with van der Waals surface area (Å²) < 4.78 is 5.65. The smallest absolute Gasteiger partial charge is 0.178 e. The molecule has 18 heavy (non-hydrogen) atoms. The standard InChI is InChI=1S/C14H18N2O2/c1-9(2)18-10-4-5-13-11(6-10)12(7-16-13)14(17)8-15-3/h4-7,9,15-16H,8H2,1-3H3. The van der Waals surface area contributed by atoms with Gasteiger partial charge in [0.05, 0.1) is 12.6 Å². The molecule has 4 nitrogen and oxygen atoms in total. The quantitative estimate of drug-likeness (QED) is 0.796. The Hall–Kier alpha value is -1.81. The third kappa shape index (κ3) is 2.54. The maximum atomic E-state index is 11.9. The van der Waals surface area contributed by atoms with E-state index in [1.807, 2.05) is 32.0 Å². The molecule has 2 rings (SSSR count). The molecule has 2 N–H and O–H groups in total. The largest absolute Gasteiger partial charge is 0.491 e. The number of benzene rings is 1. The zero-order chi connectivity index (χ0) is 13.1. The number of H-pyrrole nitrogens is 1. The first-order chi connectivity index (χ1) is 8.61. The second kappa shape index (κ2) is 5.23. The van der Waals surface area contributed by atoms with Gasteiger partial charge in [0.1, 0.15) is 5.75 Å². The van der Waals surface area contributed by atoms with E-state index in [4.69, 9.17) is 4.74 Å². The van der Waals surface area contributed by atoms with Crippen LogP contribution in [0.25, 0.3) is 10.9 Å². The highest BCUT2D eigenvalue weighted by atomic mass is 16.5. The predicted octanol–water partition coefficient (Wildman–Crippen LogP) is 2.36. The van der Waals surface area contributed by atoms with E-state index in [1.54, 1.807) is 13.2 Å². The molecule has 0 fully saturated rings. The van der Waals surface area contributed by atoms with Crippen LogP contribution in [-0.4, -0.2) is 30.5 Å². The Balaban J connectivity index is 2.40. The normalized spacial score (nSPS) is 11.1. The maximum absolute atomic E-state index is 11.9. The van der Waals surface area contributed by atoms with Gasteiger partial charge in [0.2, 0.25) is 0 Å². The fraction of sp³-hybridized carbons (Fsp3) is 0.357. The number of ketones is 1. The monoisotopic (exact) mass is 246 g/mol. The van der Waals surface area contributed by atoms with Crippen molar-refractivity contribution >= 4 is 16.7 Å². The highest BCUT2D eigenvalue weighted by molar-refractivity contribution is 6.09. The highest BCUT2D eigenvalue weighted by Gasteiger charge is 2.12. The maximum Gasteiger partial charge on any atom is 0.178 e. The topological polar surface area (TPSA) is 54.1 Å². The number of carbonyl (C=O) groups is 1. The van der Waals surface area contributed by atoms with Crippen molar-refractivity contribution in [3.05, 3.63) is 30.0 Å². The van der Waals surface area contributed by atoms with Gasteiger partial charge in [-0.25, -0.2) is 0 Å². The number of aromatic amines is 1. The van der Waals surface area contributed by atoms with Crippen LogP contribution in [0.4, 0.5) is 0 Å². The van der Waals surface area contributed by atoms with Crippen LogP contribution < -0.4 is 10.1 Å². The molecular weight excluding hydrogens is 228 g/mol. The molecule has 0 aliphatic carbocycles. The molecule has 0 spiro atoms. The summed E-state index contributed by atoms with van der Waals surface area (Å²) in [6, 6.07) is 5.75. The number of hydrogen-bond donors (Lipinski definition) is 2. The van der Waals surface area contributed by atoms with E-state index >= 15 is 0 Å². The minimum Gasteiger partial charge on any atom is -0.491 e. The van der Waals surface area contributed by atoms with E-state index < -0.39 is 0 Å². The second-order valence-electron chi connectivity index (χ2n) is 4.53. The third-order valence-electron chi connectivity index (χ3n) is 2.66. The van der Waals surface area contributed by atoms with Crippen LogP contribution in [0.3, 0.4) is 0 Å². The van der Waals surface area contributed by atoms with Crippen molar-refractivity contribution < 1.29 is 9.53 Å². The lowest BCUT2D eigenvalue weighted by Crippen LogP contribution is -2.18. The minimum absolute atomic E-state index is 0.0745. The molecule has 0 atom stereocenters. The lowest BCUT2D eigenvalue weighted by molar-refractivity contribution is 0.0995. The molecule has 0 saturated carbocycles. The summed E-state index contributed by atoms with van der Waals surface area (Å²) in [4.78, 5) is 15.0. The molecule has 0 bridgehead atoms. The van der Waals surface area contributed by atoms with Crippen molar-refractivity contribution in [3.63, 3.8) is 0 Å². The van der Waals surface area contributed by atoms with Gasteiger partial charge in [-0.2, -0.15) is 0 Å². The van der Waals surface area contributed by atoms with Gasteiger partial charge in [0, 0.05) is 22.7 Å². The van der Waals surface area contributed by atoms with Crippen LogP contribution >= 0.6 is 0 Å². The van der Waals surface area contributed by atoms with E-state index in [1.165, 1.54) is 0 Å². The van der Waals surface area contributed by atoms with Crippen molar-refractivity contribution in [1.29, 1.82) is 0 Å². The Bertz CT molecular complexity index is 558. The number of ether oxygens (including phenoxy) is 1. The zero-order valence-electron chi connectivity index (χ0n) is 10.9. The van der Waals surface area contributed by atoms with Crippen LogP contribution in [0, 0.1) is 0 Å². The van der Waals surface area contributed by atoms with Gasteiger partial charge in [-0.1, -0.05) is 0 Å². The van der Waals surface area contributed by atoms with Gasteiger partial charge in [0.15, 0.2) is 5.78 Å². The van der Waals surface area contributed by atoms with Crippen LogP contribution in [0.1, 0.15) is 24.2 Å². The number of fused-ring (bicyclic) bond motifs is 1. The molecule has 0 amide bonds. The van der Waals surface area contributed by atoms with Crippen LogP contribution in [0.15, 0.2) is 24.4 Å². The van der Waals surface area contributed by atoms with Crippen molar-refractivity contribution in [3.8, 4) is 5.75 Å². The fourth-order valence-electron chi connectivity index (χ4n) is 1.93. The number of nitrogens with one attached hydrogen (secondary N) is 2. The van der Waals surface area contributed by atoms with Gasteiger partial charge in [0.25, 0.3) is 0 Å². The van der Waals surface area contributed by atoms with E-state index in [0.29, 0.717) is 12.1 Å². The molecule has 1 heterocycles. The van der Waals surface area contributed by atoms with Gasteiger partial charge in [-0.05, 0) is 39.1 Å². The first-order valence-electron chi connectivity index (χ1n) is 6.07. The van der Waals surface area contributed by atoms with E-state index in [-0.39, 0.29) is 11.9 Å². The number of aromatic nitrogens is 1. The first kappa shape index (κ1) is 12.6. The highest BCUT2D eigenvalue weighted by Crippen LogP contribution is 2.24. The Morgan fingerprint density at radius 3 is 2.89 bits per heavy atom. The zero-order valence-corrected chi connectivity index (χ0v) is 10.9. The number of hydrogen-bond acceptors (Lipinski definition) is 3. The molecule has 1 aromatic carbocycles. The Kier molecular flexibility index (Phi) is 3.67. The summed E-state index contributed by atoms with van der Waals surface area (Å²) in [5.41, 5.74) is 1.65. The van der Waals surface area contributed by atoms with Crippen LogP contribution in [-0.2, 0) is 0 Å². The SMILES string of the molecule is CNCC(=O)c1c[nH]c2ccc(OC(C)C)cc12. The van der Waals surface area contributed by atoms with E-state index in [2.05, 4.69) is 10.3 Å². The molecule has 96 valence electrons. The summed E-state index contributed by atoms with van der Waals surface area (Å²) in [7, 11) is 1.76. The number of rotatable bonds is 5. The average Bonchev–Trinajstić information content (AvgIpc) is 2.71. The van der Waals surface area contributed by atoms with Crippen molar-refractivity contribution in [2.45, 2.75) is 20.0 Å². The van der Waals surface area contributed by atoms with Crippen LogP contribution in [0.2, 0.25) is 0 Å². The van der Waals surface area contributed by atoms with Gasteiger partial charge >= 0.3 is 0 Å². The van der Waals surface area contributed by atoms with E-state index in [0.717, 1.165) is 16.7 Å². The number of carbonyl (C=O) groups excluding carboxylic acids is 1. The molecule has 4 heteroatoms. The van der Waals surface area contributed by atoms with Gasteiger partial charge < -0.3 is 15.0 Å². The molecule has 0 aliphatic rings. The Morgan fingerprint density at radius 1 is 1.44 bits per heavy atom. The lowest BCUT2D eigenvalue weighted by atomic mass is 10.1. The molecule has 0 unspecified atom stereocenters. The molecule has 2 aromatic rings. The van der Waals surface area contributed by atoms with E-state index in [9.17, 15) is 4.79 Å². The van der Waals surface area contributed by atoms with Crippen molar-refractivity contribution in [2.75, 3.05) is 13.6 Å². The fourth-order valence-corrected chi connectivity index (χ4v) is 1.93. The molecule has 0 radical (unpaired) electrons. The summed E-state index contributed by atoms with van der Waals surface area (Å²) in [5.74, 6) is 0.862. The minimum atomic E-state index is 0.0745.